The molecular weight excluding hydrogens is 134 g/mol. The summed E-state index contributed by atoms with van der Waals surface area (Å²) >= 11 is 0. The number of carbonyl (C=O) groups excluding carboxylic acids is 2. The molecule has 1 rings (SSSR count). The highest BCUT2D eigenvalue weighted by Crippen LogP contribution is 2.04. The van der Waals surface area contributed by atoms with Crippen molar-refractivity contribution in [2.24, 2.45) is 0 Å². The second-order valence-electron chi connectivity index (χ2n) is 2.19. The fraction of sp³-hybridized carbons (Fsp3) is 0.667. The smallest absolute Gasteiger partial charge is 0.290 e. The Balaban J connectivity index is 2.49. The van der Waals surface area contributed by atoms with E-state index in [-0.39, 0.29) is 18.9 Å². The quantitative estimate of drug-likeness (QED) is 0.493. The molecule has 0 bridgehead atoms. The van der Waals surface area contributed by atoms with Crippen molar-refractivity contribution in [2.75, 3.05) is 19.7 Å². The Bertz CT molecular complexity index is 166. The van der Waals surface area contributed by atoms with Crippen molar-refractivity contribution in [3.8, 4) is 0 Å². The van der Waals surface area contributed by atoms with Gasteiger partial charge in [-0.25, -0.2) is 0 Å². The van der Waals surface area contributed by atoms with E-state index in [2.05, 4.69) is 0 Å². The van der Waals surface area contributed by atoms with Crippen LogP contribution in [-0.2, 0) is 9.59 Å². The Morgan fingerprint density at radius 3 is 2.60 bits per heavy atom. The molecule has 0 saturated carbocycles. The zero-order valence-electron chi connectivity index (χ0n) is 5.54. The number of rotatable bonds is 2. The van der Waals surface area contributed by atoms with Gasteiger partial charge in [0, 0.05) is 19.5 Å². The largest absolute Gasteiger partial charge is 0.395 e. The number of carbonyl (C=O) groups is 2. The first-order valence-electron chi connectivity index (χ1n) is 3.18. The van der Waals surface area contributed by atoms with E-state index >= 15 is 0 Å². The van der Waals surface area contributed by atoms with Crippen molar-refractivity contribution in [3.05, 3.63) is 0 Å². The highest BCUT2D eigenvalue weighted by Gasteiger charge is 2.28. The van der Waals surface area contributed by atoms with Crippen LogP contribution in [0.4, 0.5) is 0 Å². The number of amides is 1. The second kappa shape index (κ2) is 2.79. The normalized spacial score (nSPS) is 18.7. The van der Waals surface area contributed by atoms with Gasteiger partial charge in [0.1, 0.15) is 0 Å². The van der Waals surface area contributed by atoms with Crippen LogP contribution in [0.3, 0.4) is 0 Å². The minimum Gasteiger partial charge on any atom is -0.395 e. The van der Waals surface area contributed by atoms with E-state index in [1.54, 1.807) is 0 Å². The molecule has 1 fully saturated rings. The standard InChI is InChI=1S/C6H9NO3/c8-4-3-7-2-1-5(9)6(7)10/h8H,1-4H2. The van der Waals surface area contributed by atoms with Gasteiger partial charge in [-0.2, -0.15) is 0 Å². The van der Waals surface area contributed by atoms with Crippen molar-refractivity contribution in [1.82, 2.24) is 4.90 Å². The molecule has 1 N–H and O–H groups in total. The lowest BCUT2D eigenvalue weighted by molar-refractivity contribution is -0.140. The summed E-state index contributed by atoms with van der Waals surface area (Å²) in [7, 11) is 0. The number of likely N-dealkylation sites (tertiary alicyclic amines) is 1. The number of ketones is 1. The third kappa shape index (κ3) is 1.16. The van der Waals surface area contributed by atoms with Gasteiger partial charge < -0.3 is 10.0 Å². The first kappa shape index (κ1) is 7.21. The van der Waals surface area contributed by atoms with Gasteiger partial charge in [-0.1, -0.05) is 0 Å². The fourth-order valence-corrected chi connectivity index (χ4v) is 0.955. The zero-order valence-corrected chi connectivity index (χ0v) is 5.54. The van der Waals surface area contributed by atoms with Gasteiger partial charge in [-0.3, -0.25) is 9.59 Å². The third-order valence-corrected chi connectivity index (χ3v) is 1.50. The summed E-state index contributed by atoms with van der Waals surface area (Å²) < 4.78 is 0. The summed E-state index contributed by atoms with van der Waals surface area (Å²) in [5, 5.41) is 8.43. The van der Waals surface area contributed by atoms with Gasteiger partial charge in [0.25, 0.3) is 5.91 Å². The van der Waals surface area contributed by atoms with Crippen LogP contribution in [0.5, 0.6) is 0 Å². The van der Waals surface area contributed by atoms with Gasteiger partial charge in [0.05, 0.1) is 6.61 Å². The van der Waals surface area contributed by atoms with Gasteiger partial charge in [-0.05, 0) is 0 Å². The molecular formula is C6H9NO3. The van der Waals surface area contributed by atoms with E-state index in [4.69, 9.17) is 5.11 Å². The molecule has 0 aliphatic carbocycles. The average molecular weight is 143 g/mol. The number of Topliss-reactive ketones (excluding diaryl/α,β-unsaturated/α-hetero) is 1. The predicted octanol–water partition coefficient (Wildman–Crippen LogP) is -1.22. The zero-order chi connectivity index (χ0) is 7.56. The summed E-state index contributed by atoms with van der Waals surface area (Å²) in [4.78, 5) is 22.7. The van der Waals surface area contributed by atoms with E-state index in [0.29, 0.717) is 13.0 Å². The Kier molecular flexibility index (Phi) is 2.01. The van der Waals surface area contributed by atoms with Crippen LogP contribution < -0.4 is 0 Å². The van der Waals surface area contributed by atoms with Gasteiger partial charge in [0.2, 0.25) is 5.78 Å². The number of aliphatic hydroxyl groups excluding tert-OH is 1. The maximum absolute atomic E-state index is 10.8. The molecule has 0 aromatic carbocycles. The minimum atomic E-state index is -0.450. The van der Waals surface area contributed by atoms with Gasteiger partial charge in [0.15, 0.2) is 0 Å². The van der Waals surface area contributed by atoms with Crippen LogP contribution in [-0.4, -0.2) is 41.4 Å². The average Bonchev–Trinajstić information content (AvgIpc) is 2.20. The van der Waals surface area contributed by atoms with Crippen LogP contribution >= 0.6 is 0 Å². The fourth-order valence-electron chi connectivity index (χ4n) is 0.955. The van der Waals surface area contributed by atoms with E-state index in [1.165, 1.54) is 4.90 Å². The first-order chi connectivity index (χ1) is 4.75. The molecule has 4 nitrogen and oxygen atoms in total. The maximum atomic E-state index is 10.8. The Morgan fingerprint density at radius 2 is 2.20 bits per heavy atom. The summed E-state index contributed by atoms with van der Waals surface area (Å²) in [5.41, 5.74) is 0. The van der Waals surface area contributed by atoms with Crippen LogP contribution in [0.25, 0.3) is 0 Å². The van der Waals surface area contributed by atoms with E-state index in [0.717, 1.165) is 0 Å². The molecule has 4 heteroatoms. The second-order valence-corrected chi connectivity index (χ2v) is 2.19. The van der Waals surface area contributed by atoms with Crippen LogP contribution in [0, 0.1) is 0 Å². The summed E-state index contributed by atoms with van der Waals surface area (Å²) in [6, 6.07) is 0. The van der Waals surface area contributed by atoms with Crippen molar-refractivity contribution >= 4 is 11.7 Å². The highest BCUT2D eigenvalue weighted by molar-refractivity contribution is 6.37. The van der Waals surface area contributed by atoms with E-state index < -0.39 is 5.91 Å². The molecule has 10 heavy (non-hydrogen) atoms. The van der Waals surface area contributed by atoms with Crippen LogP contribution in [0.15, 0.2) is 0 Å². The number of β-amino-alcohol motifs (C(OH)–C–C–N with tert-alkyl or cyclic N) is 1. The molecule has 1 aliphatic rings. The lowest BCUT2D eigenvalue weighted by Crippen LogP contribution is -2.30. The maximum Gasteiger partial charge on any atom is 0.290 e. The molecule has 1 heterocycles. The van der Waals surface area contributed by atoms with Crippen molar-refractivity contribution in [1.29, 1.82) is 0 Å². The number of hydrogen-bond acceptors (Lipinski definition) is 3. The van der Waals surface area contributed by atoms with Gasteiger partial charge >= 0.3 is 0 Å². The Hall–Kier alpha value is -0.900. The molecule has 0 radical (unpaired) electrons. The number of aliphatic hydroxyl groups is 1. The highest BCUT2D eigenvalue weighted by atomic mass is 16.3. The monoisotopic (exact) mass is 143 g/mol. The molecule has 0 aromatic rings. The van der Waals surface area contributed by atoms with Crippen LogP contribution in [0.1, 0.15) is 6.42 Å². The molecule has 1 amide bonds. The summed E-state index contributed by atoms with van der Waals surface area (Å²) in [6.07, 6.45) is 0.304. The molecule has 0 spiro atoms. The van der Waals surface area contributed by atoms with Crippen molar-refractivity contribution in [3.63, 3.8) is 0 Å². The number of hydrogen-bond donors (Lipinski definition) is 1. The lowest BCUT2D eigenvalue weighted by atomic mass is 10.3. The molecule has 0 unspecified atom stereocenters. The molecule has 1 saturated heterocycles. The molecule has 0 aromatic heterocycles. The molecule has 56 valence electrons. The van der Waals surface area contributed by atoms with E-state index in [1.807, 2.05) is 0 Å². The van der Waals surface area contributed by atoms with E-state index in [9.17, 15) is 9.59 Å². The SMILES string of the molecule is O=C1CCN(CCO)C1=O. The first-order valence-corrected chi connectivity index (χ1v) is 3.18. The summed E-state index contributed by atoms with van der Waals surface area (Å²) in [5.74, 6) is -0.789. The topological polar surface area (TPSA) is 57.6 Å². The van der Waals surface area contributed by atoms with Crippen LogP contribution in [0.2, 0.25) is 0 Å². The lowest BCUT2D eigenvalue weighted by Gasteiger charge is -2.10. The Morgan fingerprint density at radius 1 is 1.50 bits per heavy atom. The molecule has 0 atom stereocenters. The molecule has 1 aliphatic heterocycles. The van der Waals surface area contributed by atoms with Gasteiger partial charge in [-0.15, -0.1) is 0 Å². The minimum absolute atomic E-state index is 0.0704. The van der Waals surface area contributed by atoms with Crippen molar-refractivity contribution in [2.45, 2.75) is 6.42 Å². The Labute approximate surface area is 58.4 Å². The third-order valence-electron chi connectivity index (χ3n) is 1.50. The van der Waals surface area contributed by atoms with Crippen molar-refractivity contribution < 1.29 is 14.7 Å². The predicted molar refractivity (Wildman–Crippen MR) is 33.3 cm³/mol. The summed E-state index contributed by atoms with van der Waals surface area (Å²) in [6.45, 7) is 0.682. The number of nitrogens with zero attached hydrogens (tertiary/aromatic N) is 1.